The summed E-state index contributed by atoms with van der Waals surface area (Å²) in [5.74, 6) is 0.700. The molecule has 116 valence electrons. The number of methoxy groups -OCH3 is 1. The van der Waals surface area contributed by atoms with Crippen LogP contribution in [0.5, 0.6) is 5.75 Å². The lowest BCUT2D eigenvalue weighted by Crippen LogP contribution is -2.30. The normalized spacial score (nSPS) is 8.90. The molecule has 0 aliphatic carbocycles. The molecule has 0 radical (unpaired) electrons. The second-order valence-electron chi connectivity index (χ2n) is 3.90. The summed E-state index contributed by atoms with van der Waals surface area (Å²) in [6.45, 7) is 1.57. The van der Waals surface area contributed by atoms with Crippen molar-refractivity contribution in [2.45, 2.75) is 12.8 Å². The maximum absolute atomic E-state index is 11.5. The third kappa shape index (κ3) is 8.09. The van der Waals surface area contributed by atoms with E-state index >= 15 is 0 Å². The van der Waals surface area contributed by atoms with Crippen LogP contribution >= 0.6 is 24.8 Å². The number of unbranched alkanes of at least 4 members (excludes halogenated alkanes) is 1. The van der Waals surface area contributed by atoms with Crippen molar-refractivity contribution in [2.24, 2.45) is 5.73 Å². The molecule has 0 atom stereocenters. The predicted octanol–water partition coefficient (Wildman–Crippen LogP) is 1.81. The standard InChI is InChI=1S/C13H21N3O2.2ClH/c1-18-12-7-3-2-6-11(12)16-10-13(17)15-9-5-4-8-14;;/h2-3,6-7,16H,4-5,8-10,14H2,1H3,(H,15,17);2*1H. The summed E-state index contributed by atoms with van der Waals surface area (Å²) in [6, 6.07) is 7.50. The van der Waals surface area contributed by atoms with Crippen molar-refractivity contribution in [3.05, 3.63) is 24.3 Å². The molecule has 0 fully saturated rings. The predicted molar refractivity (Wildman–Crippen MR) is 87.3 cm³/mol. The lowest BCUT2D eigenvalue weighted by atomic mass is 10.3. The Hall–Kier alpha value is -1.17. The van der Waals surface area contributed by atoms with Crippen molar-refractivity contribution in [3.63, 3.8) is 0 Å². The summed E-state index contributed by atoms with van der Waals surface area (Å²) in [4.78, 5) is 11.5. The molecule has 0 heterocycles. The molecule has 0 bridgehead atoms. The van der Waals surface area contributed by atoms with Gasteiger partial charge in [0.15, 0.2) is 0 Å². The van der Waals surface area contributed by atoms with Crippen LogP contribution in [0.3, 0.4) is 0 Å². The summed E-state index contributed by atoms with van der Waals surface area (Å²) in [6.07, 6.45) is 1.84. The van der Waals surface area contributed by atoms with Gasteiger partial charge in [-0.25, -0.2) is 0 Å². The van der Waals surface area contributed by atoms with Gasteiger partial charge in [0.05, 0.1) is 19.3 Å². The van der Waals surface area contributed by atoms with Crippen LogP contribution < -0.4 is 21.1 Å². The first-order chi connectivity index (χ1) is 8.77. The number of carbonyl (C=O) groups excluding carboxylic acids is 1. The van der Waals surface area contributed by atoms with E-state index in [0.29, 0.717) is 13.1 Å². The molecular formula is C13H23Cl2N3O2. The molecule has 0 saturated heterocycles. The number of ether oxygens (including phenoxy) is 1. The quantitative estimate of drug-likeness (QED) is 0.638. The molecule has 0 spiro atoms. The van der Waals surface area contributed by atoms with Gasteiger partial charge in [0, 0.05) is 6.54 Å². The lowest BCUT2D eigenvalue weighted by molar-refractivity contribution is -0.119. The highest BCUT2D eigenvalue weighted by Gasteiger charge is 2.03. The average Bonchev–Trinajstić information content (AvgIpc) is 2.41. The molecule has 4 N–H and O–H groups in total. The number of benzene rings is 1. The molecule has 1 amide bonds. The number of para-hydroxylation sites is 2. The van der Waals surface area contributed by atoms with Crippen LogP contribution in [0.15, 0.2) is 24.3 Å². The van der Waals surface area contributed by atoms with Gasteiger partial charge < -0.3 is 21.1 Å². The number of halogens is 2. The van der Waals surface area contributed by atoms with Gasteiger partial charge in [0.2, 0.25) is 5.91 Å². The number of amides is 1. The molecule has 0 aromatic heterocycles. The van der Waals surface area contributed by atoms with Gasteiger partial charge in [-0.1, -0.05) is 12.1 Å². The van der Waals surface area contributed by atoms with Crippen molar-refractivity contribution in [1.82, 2.24) is 5.32 Å². The first-order valence-corrected chi connectivity index (χ1v) is 6.11. The minimum atomic E-state index is -0.0297. The van der Waals surface area contributed by atoms with Crippen molar-refractivity contribution >= 4 is 36.4 Å². The van der Waals surface area contributed by atoms with E-state index < -0.39 is 0 Å². The van der Waals surface area contributed by atoms with Gasteiger partial charge in [-0.15, -0.1) is 24.8 Å². The van der Waals surface area contributed by atoms with Crippen molar-refractivity contribution in [3.8, 4) is 5.75 Å². The Morgan fingerprint density at radius 1 is 1.25 bits per heavy atom. The molecule has 0 saturated carbocycles. The van der Waals surface area contributed by atoms with Crippen molar-refractivity contribution in [2.75, 3.05) is 32.1 Å². The summed E-state index contributed by atoms with van der Waals surface area (Å²) in [5, 5.41) is 5.87. The van der Waals surface area contributed by atoms with Crippen LogP contribution in [0, 0.1) is 0 Å². The van der Waals surface area contributed by atoms with E-state index in [0.717, 1.165) is 24.3 Å². The monoisotopic (exact) mass is 323 g/mol. The van der Waals surface area contributed by atoms with Crippen molar-refractivity contribution < 1.29 is 9.53 Å². The number of rotatable bonds is 8. The van der Waals surface area contributed by atoms with Gasteiger partial charge in [-0.05, 0) is 31.5 Å². The number of nitrogens with two attached hydrogens (primary N) is 1. The van der Waals surface area contributed by atoms with Crippen molar-refractivity contribution in [1.29, 1.82) is 0 Å². The zero-order valence-corrected chi connectivity index (χ0v) is 13.2. The minimum Gasteiger partial charge on any atom is -0.495 e. The number of hydrogen-bond acceptors (Lipinski definition) is 4. The van der Waals surface area contributed by atoms with Crippen LogP contribution in [0.25, 0.3) is 0 Å². The van der Waals surface area contributed by atoms with Gasteiger partial charge in [-0.3, -0.25) is 4.79 Å². The number of nitrogens with one attached hydrogen (secondary N) is 2. The number of hydrogen-bond donors (Lipinski definition) is 3. The van der Waals surface area contributed by atoms with E-state index in [1.807, 2.05) is 24.3 Å². The minimum absolute atomic E-state index is 0. The van der Waals surface area contributed by atoms with E-state index in [1.54, 1.807) is 7.11 Å². The van der Waals surface area contributed by atoms with Gasteiger partial charge in [0.25, 0.3) is 0 Å². The Kier molecular flexibility index (Phi) is 13.6. The molecule has 0 unspecified atom stereocenters. The SMILES string of the molecule is COc1ccccc1NCC(=O)NCCCCN.Cl.Cl. The Balaban J connectivity index is 0. The molecule has 1 rings (SSSR count). The van der Waals surface area contributed by atoms with E-state index in [2.05, 4.69) is 10.6 Å². The Morgan fingerprint density at radius 3 is 2.60 bits per heavy atom. The first kappa shape index (κ1) is 21.1. The molecule has 0 aliphatic rings. The highest BCUT2D eigenvalue weighted by atomic mass is 35.5. The average molecular weight is 324 g/mol. The fraction of sp³-hybridized carbons (Fsp3) is 0.462. The number of carbonyl (C=O) groups is 1. The summed E-state index contributed by atoms with van der Waals surface area (Å²) in [5.41, 5.74) is 6.19. The lowest BCUT2D eigenvalue weighted by Gasteiger charge is -2.10. The number of anilines is 1. The fourth-order valence-electron chi connectivity index (χ4n) is 1.53. The maximum Gasteiger partial charge on any atom is 0.239 e. The van der Waals surface area contributed by atoms with Crippen LogP contribution in [-0.2, 0) is 4.79 Å². The fourth-order valence-corrected chi connectivity index (χ4v) is 1.53. The Morgan fingerprint density at radius 2 is 1.95 bits per heavy atom. The van der Waals surface area contributed by atoms with Gasteiger partial charge >= 0.3 is 0 Å². The topological polar surface area (TPSA) is 76.4 Å². The summed E-state index contributed by atoms with van der Waals surface area (Å²) < 4.78 is 5.18. The third-order valence-electron chi connectivity index (χ3n) is 2.50. The molecule has 0 aliphatic heterocycles. The third-order valence-corrected chi connectivity index (χ3v) is 2.50. The van der Waals surface area contributed by atoms with Gasteiger partial charge in [0.1, 0.15) is 5.75 Å². The zero-order valence-electron chi connectivity index (χ0n) is 11.6. The molecule has 1 aromatic carbocycles. The van der Waals surface area contributed by atoms with E-state index in [9.17, 15) is 4.79 Å². The molecule has 5 nitrogen and oxygen atoms in total. The Bertz CT molecular complexity index is 378. The maximum atomic E-state index is 11.5. The molecule has 7 heteroatoms. The first-order valence-electron chi connectivity index (χ1n) is 6.11. The van der Waals surface area contributed by atoms with E-state index in [4.69, 9.17) is 10.5 Å². The summed E-state index contributed by atoms with van der Waals surface area (Å²) >= 11 is 0. The zero-order chi connectivity index (χ0) is 13.2. The van der Waals surface area contributed by atoms with Crippen LogP contribution in [0.2, 0.25) is 0 Å². The van der Waals surface area contributed by atoms with Gasteiger partial charge in [-0.2, -0.15) is 0 Å². The van der Waals surface area contributed by atoms with Crippen LogP contribution in [0.4, 0.5) is 5.69 Å². The Labute approximate surface area is 132 Å². The van der Waals surface area contributed by atoms with Crippen LogP contribution in [-0.4, -0.2) is 32.7 Å². The molecule has 1 aromatic rings. The summed E-state index contributed by atoms with van der Waals surface area (Å²) in [7, 11) is 1.60. The highest BCUT2D eigenvalue weighted by Crippen LogP contribution is 2.22. The van der Waals surface area contributed by atoms with E-state index in [1.165, 1.54) is 0 Å². The molecule has 20 heavy (non-hydrogen) atoms. The smallest absolute Gasteiger partial charge is 0.239 e. The van der Waals surface area contributed by atoms with Crippen LogP contribution in [0.1, 0.15) is 12.8 Å². The second kappa shape index (κ2) is 12.8. The largest absolute Gasteiger partial charge is 0.495 e. The highest BCUT2D eigenvalue weighted by molar-refractivity contribution is 5.85. The second-order valence-corrected chi connectivity index (χ2v) is 3.90. The van der Waals surface area contributed by atoms with E-state index in [-0.39, 0.29) is 37.3 Å². The molecular weight excluding hydrogens is 301 g/mol.